The average molecular weight is 338 g/mol. The molecule has 2 rings (SSSR count). The molecule has 1 aliphatic rings. The van der Waals surface area contributed by atoms with Crippen LogP contribution >= 0.6 is 15.9 Å². The predicted octanol–water partition coefficient (Wildman–Crippen LogP) is 2.21. The van der Waals surface area contributed by atoms with Gasteiger partial charge in [-0.25, -0.2) is 0 Å². The molecule has 1 aliphatic heterocycles. The fourth-order valence-corrected chi connectivity index (χ4v) is 3.03. The van der Waals surface area contributed by atoms with Crippen LogP contribution in [0.1, 0.15) is 19.4 Å². The summed E-state index contributed by atoms with van der Waals surface area (Å²) in [5.74, 6) is 0. The zero-order valence-electron chi connectivity index (χ0n) is 11.9. The highest BCUT2D eigenvalue weighted by atomic mass is 79.9. The number of β-amino-alcohol motifs (C(OH)–C–C–N with tert-alkyl or cyclic N) is 1. The third-order valence-corrected chi connectivity index (χ3v) is 4.09. The predicted molar refractivity (Wildman–Crippen MR) is 83.8 cm³/mol. The van der Waals surface area contributed by atoms with Crippen molar-refractivity contribution in [3.63, 3.8) is 0 Å². The highest BCUT2D eigenvalue weighted by Gasteiger charge is 2.24. The molecule has 1 N–H and O–H groups in total. The van der Waals surface area contributed by atoms with Crippen LogP contribution in [0.4, 0.5) is 5.69 Å². The van der Waals surface area contributed by atoms with E-state index in [1.807, 2.05) is 32.0 Å². The first-order valence-electron chi connectivity index (χ1n) is 6.79. The van der Waals surface area contributed by atoms with E-state index >= 15 is 0 Å². The first-order valence-corrected chi connectivity index (χ1v) is 7.58. The van der Waals surface area contributed by atoms with Gasteiger partial charge in [0.15, 0.2) is 0 Å². The van der Waals surface area contributed by atoms with Crippen LogP contribution in [0.3, 0.4) is 0 Å². The molecule has 20 heavy (non-hydrogen) atoms. The van der Waals surface area contributed by atoms with E-state index in [1.54, 1.807) is 0 Å². The number of halogens is 1. The monoisotopic (exact) mass is 337 g/mol. The maximum Gasteiger partial charge on any atom is 0.103 e. The number of hydrogen-bond acceptors (Lipinski definition) is 4. The van der Waals surface area contributed by atoms with Gasteiger partial charge < -0.3 is 10.0 Å². The zero-order valence-corrected chi connectivity index (χ0v) is 13.5. The third kappa shape index (κ3) is 3.72. The van der Waals surface area contributed by atoms with Crippen LogP contribution in [0.15, 0.2) is 22.7 Å². The van der Waals surface area contributed by atoms with Crippen LogP contribution in [-0.4, -0.2) is 48.3 Å². The Morgan fingerprint density at radius 3 is 2.50 bits per heavy atom. The Hall–Kier alpha value is -1.09. The second-order valence-electron chi connectivity index (χ2n) is 5.82. The fraction of sp³-hybridized carbons (Fsp3) is 0.533. The second-order valence-corrected chi connectivity index (χ2v) is 6.68. The van der Waals surface area contributed by atoms with Gasteiger partial charge in [0.2, 0.25) is 0 Å². The lowest BCUT2D eigenvalue weighted by atomic mass is 10.1. The summed E-state index contributed by atoms with van der Waals surface area (Å²) in [4.78, 5) is 4.50. The number of benzene rings is 1. The molecule has 0 unspecified atom stereocenters. The standard InChI is InChI=1S/C15H20BrN3O/c1-15(2,20)11-18-6-8-19(9-7-18)14-5-3-4-13(16)12(14)10-17/h3-5,20H,6-9,11H2,1-2H3. The van der Waals surface area contributed by atoms with Gasteiger partial charge in [-0.2, -0.15) is 5.26 Å². The number of anilines is 1. The summed E-state index contributed by atoms with van der Waals surface area (Å²) in [6.07, 6.45) is 0. The first-order chi connectivity index (χ1) is 9.40. The molecule has 1 saturated heterocycles. The molecule has 0 atom stereocenters. The van der Waals surface area contributed by atoms with Gasteiger partial charge in [0, 0.05) is 37.2 Å². The van der Waals surface area contributed by atoms with E-state index in [2.05, 4.69) is 31.8 Å². The molecule has 0 spiro atoms. The highest BCUT2D eigenvalue weighted by Crippen LogP contribution is 2.28. The summed E-state index contributed by atoms with van der Waals surface area (Å²) < 4.78 is 0.844. The molecule has 0 aromatic heterocycles. The van der Waals surface area contributed by atoms with Crippen molar-refractivity contribution in [2.75, 3.05) is 37.6 Å². The van der Waals surface area contributed by atoms with Crippen molar-refractivity contribution in [3.05, 3.63) is 28.2 Å². The minimum absolute atomic E-state index is 0.657. The molecule has 0 saturated carbocycles. The van der Waals surface area contributed by atoms with Crippen molar-refractivity contribution < 1.29 is 5.11 Å². The van der Waals surface area contributed by atoms with Crippen LogP contribution in [-0.2, 0) is 0 Å². The van der Waals surface area contributed by atoms with E-state index in [1.165, 1.54) is 0 Å². The number of aliphatic hydroxyl groups is 1. The Kier molecular flexibility index (Phi) is 4.69. The Morgan fingerprint density at radius 2 is 1.95 bits per heavy atom. The van der Waals surface area contributed by atoms with E-state index in [4.69, 9.17) is 0 Å². The molecule has 108 valence electrons. The van der Waals surface area contributed by atoms with Gasteiger partial charge in [-0.15, -0.1) is 0 Å². The number of nitrogens with zero attached hydrogens (tertiary/aromatic N) is 3. The van der Waals surface area contributed by atoms with E-state index in [0.29, 0.717) is 12.1 Å². The van der Waals surface area contributed by atoms with Crippen molar-refractivity contribution in [2.24, 2.45) is 0 Å². The Labute approximate surface area is 128 Å². The summed E-state index contributed by atoms with van der Waals surface area (Å²) in [6.45, 7) is 7.92. The molecule has 0 aliphatic carbocycles. The second kappa shape index (κ2) is 6.13. The van der Waals surface area contributed by atoms with Crippen molar-refractivity contribution in [1.29, 1.82) is 5.26 Å². The van der Waals surface area contributed by atoms with E-state index in [9.17, 15) is 10.4 Å². The van der Waals surface area contributed by atoms with E-state index in [0.717, 1.165) is 36.3 Å². The lowest BCUT2D eigenvalue weighted by Gasteiger charge is -2.38. The molecule has 1 aromatic rings. The molecule has 0 amide bonds. The van der Waals surface area contributed by atoms with Gasteiger partial charge in [0.05, 0.1) is 16.9 Å². The average Bonchev–Trinajstić information content (AvgIpc) is 2.37. The van der Waals surface area contributed by atoms with Crippen LogP contribution < -0.4 is 4.90 Å². The maximum absolute atomic E-state index is 9.87. The van der Waals surface area contributed by atoms with E-state index < -0.39 is 5.60 Å². The van der Waals surface area contributed by atoms with Gasteiger partial charge in [0.25, 0.3) is 0 Å². The molecular weight excluding hydrogens is 318 g/mol. The first kappa shape index (κ1) is 15.3. The van der Waals surface area contributed by atoms with Crippen LogP contribution in [0, 0.1) is 11.3 Å². The number of nitriles is 1. The number of piperazine rings is 1. The molecule has 0 bridgehead atoms. The summed E-state index contributed by atoms with van der Waals surface area (Å²) >= 11 is 3.43. The fourth-order valence-electron chi connectivity index (χ4n) is 2.58. The van der Waals surface area contributed by atoms with Crippen molar-refractivity contribution in [3.8, 4) is 6.07 Å². The van der Waals surface area contributed by atoms with Gasteiger partial charge in [-0.05, 0) is 41.9 Å². The van der Waals surface area contributed by atoms with Crippen molar-refractivity contribution >= 4 is 21.6 Å². The topological polar surface area (TPSA) is 50.5 Å². The summed E-state index contributed by atoms with van der Waals surface area (Å²) in [5.41, 5.74) is 1.03. The molecule has 1 aromatic carbocycles. The van der Waals surface area contributed by atoms with Crippen LogP contribution in [0.2, 0.25) is 0 Å². The largest absolute Gasteiger partial charge is 0.389 e. The van der Waals surface area contributed by atoms with E-state index in [-0.39, 0.29) is 0 Å². The molecule has 1 heterocycles. The van der Waals surface area contributed by atoms with Crippen molar-refractivity contribution in [2.45, 2.75) is 19.4 Å². The van der Waals surface area contributed by atoms with Crippen LogP contribution in [0.5, 0.6) is 0 Å². The summed E-state index contributed by atoms with van der Waals surface area (Å²) in [6, 6.07) is 8.12. The normalized spacial score (nSPS) is 17.1. The van der Waals surface area contributed by atoms with Gasteiger partial charge in [-0.1, -0.05) is 6.07 Å². The smallest absolute Gasteiger partial charge is 0.103 e. The lowest BCUT2D eigenvalue weighted by molar-refractivity contribution is 0.0345. The maximum atomic E-state index is 9.87. The Balaban J connectivity index is 2.05. The van der Waals surface area contributed by atoms with Gasteiger partial charge >= 0.3 is 0 Å². The molecule has 5 heteroatoms. The minimum Gasteiger partial charge on any atom is -0.389 e. The highest BCUT2D eigenvalue weighted by molar-refractivity contribution is 9.10. The third-order valence-electron chi connectivity index (χ3n) is 3.43. The van der Waals surface area contributed by atoms with Crippen molar-refractivity contribution in [1.82, 2.24) is 4.90 Å². The summed E-state index contributed by atoms with van der Waals surface area (Å²) in [5, 5.41) is 19.2. The zero-order chi connectivity index (χ0) is 14.8. The molecular formula is C15H20BrN3O. The van der Waals surface area contributed by atoms with Crippen LogP contribution in [0.25, 0.3) is 0 Å². The number of rotatable bonds is 3. The molecule has 1 fully saturated rings. The minimum atomic E-state index is -0.657. The lowest BCUT2D eigenvalue weighted by Crippen LogP contribution is -2.50. The Bertz CT molecular complexity index is 511. The summed E-state index contributed by atoms with van der Waals surface area (Å²) in [7, 11) is 0. The molecule has 4 nitrogen and oxygen atoms in total. The molecule has 0 radical (unpaired) electrons. The Morgan fingerprint density at radius 1 is 1.30 bits per heavy atom. The number of hydrogen-bond donors (Lipinski definition) is 1. The van der Waals surface area contributed by atoms with Gasteiger partial charge in [0.1, 0.15) is 6.07 Å². The van der Waals surface area contributed by atoms with Gasteiger partial charge in [-0.3, -0.25) is 4.90 Å². The quantitative estimate of drug-likeness (QED) is 0.918. The SMILES string of the molecule is CC(C)(O)CN1CCN(c2cccc(Br)c2C#N)CC1.